The summed E-state index contributed by atoms with van der Waals surface area (Å²) in [4.78, 5) is 10.7. The van der Waals surface area contributed by atoms with Gasteiger partial charge in [0, 0.05) is 6.20 Å². The van der Waals surface area contributed by atoms with E-state index in [2.05, 4.69) is 10.3 Å². The summed E-state index contributed by atoms with van der Waals surface area (Å²) in [5.74, 6) is 0.496. The van der Waals surface area contributed by atoms with Gasteiger partial charge in [0.2, 0.25) is 0 Å². The zero-order valence-electron chi connectivity index (χ0n) is 7.49. The molecule has 1 aliphatic heterocycles. The molecule has 0 aromatic carbocycles. The van der Waals surface area contributed by atoms with Gasteiger partial charge in [0.1, 0.15) is 18.0 Å². The normalized spacial score (nSPS) is 12.8. The van der Waals surface area contributed by atoms with Gasteiger partial charge in [-0.15, -0.1) is 5.10 Å². The number of rotatable bonds is 0. The molecule has 3 heterocycles. The molecule has 0 bridgehead atoms. The first kappa shape index (κ1) is 8.04. The summed E-state index contributed by atoms with van der Waals surface area (Å²) >= 11 is 0. The molecule has 1 N–H and O–H groups in total. The number of hydrogen-bond acceptors (Lipinski definition) is 4. The quantitative estimate of drug-likeness (QED) is 0.678. The van der Waals surface area contributed by atoms with Crippen molar-refractivity contribution in [1.29, 1.82) is 0 Å². The van der Waals surface area contributed by atoms with Crippen molar-refractivity contribution in [2.24, 2.45) is 0 Å². The van der Waals surface area contributed by atoms with Crippen LogP contribution in [0.5, 0.6) is 5.75 Å². The standard InChI is InChI=1S/C8H6N4O3/c13-8(14)11-2-6-7(3-11)15-4-5-1-9-10-12(5)6/h1-3H,4H2,(H,13,14). The molecule has 0 fully saturated rings. The average Bonchev–Trinajstić information content (AvgIpc) is 2.82. The summed E-state index contributed by atoms with van der Waals surface area (Å²) in [6.07, 6.45) is 3.37. The van der Waals surface area contributed by atoms with Crippen LogP contribution in [0, 0.1) is 0 Å². The van der Waals surface area contributed by atoms with Gasteiger partial charge in [0.25, 0.3) is 0 Å². The zero-order chi connectivity index (χ0) is 10.4. The fourth-order valence-electron chi connectivity index (χ4n) is 1.52. The molecule has 1 aliphatic rings. The summed E-state index contributed by atoms with van der Waals surface area (Å²) in [7, 11) is 0. The maximum absolute atomic E-state index is 10.7. The lowest BCUT2D eigenvalue weighted by Gasteiger charge is -2.13. The third kappa shape index (κ3) is 1.03. The Morgan fingerprint density at radius 2 is 2.40 bits per heavy atom. The second kappa shape index (κ2) is 2.59. The lowest BCUT2D eigenvalue weighted by Crippen LogP contribution is -2.11. The number of carbonyl (C=O) groups is 1. The van der Waals surface area contributed by atoms with Gasteiger partial charge >= 0.3 is 6.09 Å². The molecule has 7 heteroatoms. The van der Waals surface area contributed by atoms with E-state index in [1.807, 2.05) is 0 Å². The Hall–Kier alpha value is -2.31. The molecule has 76 valence electrons. The van der Waals surface area contributed by atoms with Crippen LogP contribution in [0.15, 0.2) is 18.6 Å². The number of fused-ring (bicyclic) bond motifs is 3. The van der Waals surface area contributed by atoms with Crippen molar-refractivity contribution in [3.8, 4) is 11.4 Å². The first-order chi connectivity index (χ1) is 7.25. The van der Waals surface area contributed by atoms with E-state index in [9.17, 15) is 4.79 Å². The predicted octanol–water partition coefficient (Wildman–Crippen LogP) is 0.487. The Morgan fingerprint density at radius 1 is 1.53 bits per heavy atom. The van der Waals surface area contributed by atoms with E-state index in [-0.39, 0.29) is 0 Å². The highest BCUT2D eigenvalue weighted by molar-refractivity contribution is 5.70. The second-order valence-corrected chi connectivity index (χ2v) is 3.12. The van der Waals surface area contributed by atoms with Crippen LogP contribution >= 0.6 is 0 Å². The summed E-state index contributed by atoms with van der Waals surface area (Å²) in [6, 6.07) is 0. The Balaban J connectivity index is 2.20. The number of nitrogens with zero attached hydrogens (tertiary/aromatic N) is 4. The van der Waals surface area contributed by atoms with Crippen LogP contribution in [0.1, 0.15) is 5.69 Å². The smallest absolute Gasteiger partial charge is 0.415 e. The Morgan fingerprint density at radius 3 is 3.20 bits per heavy atom. The maximum Gasteiger partial charge on any atom is 0.415 e. The Bertz CT molecular complexity index is 542. The molecule has 0 saturated carbocycles. The van der Waals surface area contributed by atoms with E-state index in [4.69, 9.17) is 9.84 Å². The minimum Gasteiger partial charge on any atom is -0.483 e. The third-order valence-electron chi connectivity index (χ3n) is 2.21. The van der Waals surface area contributed by atoms with Crippen LogP contribution < -0.4 is 4.74 Å². The van der Waals surface area contributed by atoms with Crippen LogP contribution in [0.2, 0.25) is 0 Å². The molecule has 0 saturated heterocycles. The molecule has 0 atom stereocenters. The Labute approximate surface area is 83.5 Å². The van der Waals surface area contributed by atoms with Gasteiger partial charge in [-0.2, -0.15) is 0 Å². The fourth-order valence-corrected chi connectivity index (χ4v) is 1.52. The van der Waals surface area contributed by atoms with Gasteiger partial charge in [0.15, 0.2) is 5.75 Å². The largest absolute Gasteiger partial charge is 0.483 e. The molecule has 0 amide bonds. The fraction of sp³-hybridized carbons (Fsp3) is 0.125. The zero-order valence-corrected chi connectivity index (χ0v) is 7.49. The molecular weight excluding hydrogens is 200 g/mol. The topological polar surface area (TPSA) is 82.2 Å². The molecule has 15 heavy (non-hydrogen) atoms. The molecule has 0 spiro atoms. The lowest BCUT2D eigenvalue weighted by molar-refractivity contribution is 0.196. The van der Waals surface area contributed by atoms with Gasteiger partial charge < -0.3 is 9.84 Å². The predicted molar refractivity (Wildman–Crippen MR) is 47.1 cm³/mol. The Kier molecular flexibility index (Phi) is 1.39. The summed E-state index contributed by atoms with van der Waals surface area (Å²) < 4.78 is 7.95. The van der Waals surface area contributed by atoms with Crippen molar-refractivity contribution in [3.63, 3.8) is 0 Å². The second-order valence-electron chi connectivity index (χ2n) is 3.12. The maximum atomic E-state index is 10.7. The van der Waals surface area contributed by atoms with E-state index >= 15 is 0 Å². The molecule has 2 aromatic heterocycles. The van der Waals surface area contributed by atoms with Gasteiger partial charge in [0.05, 0.1) is 12.4 Å². The molecule has 2 aromatic rings. The first-order valence-electron chi connectivity index (χ1n) is 4.24. The molecule has 7 nitrogen and oxygen atoms in total. The minimum absolute atomic E-state index is 0.351. The molecule has 0 radical (unpaired) electrons. The molecular formula is C8H6N4O3. The van der Waals surface area contributed by atoms with Crippen LogP contribution in [0.25, 0.3) is 5.69 Å². The van der Waals surface area contributed by atoms with Gasteiger partial charge in [-0.1, -0.05) is 5.21 Å². The van der Waals surface area contributed by atoms with Crippen molar-refractivity contribution in [3.05, 3.63) is 24.3 Å². The minimum atomic E-state index is -1.06. The highest BCUT2D eigenvalue weighted by atomic mass is 16.5. The van der Waals surface area contributed by atoms with Crippen molar-refractivity contribution < 1.29 is 14.6 Å². The molecule has 0 unspecified atom stereocenters. The number of carboxylic acid groups (broad SMARTS) is 1. The summed E-state index contributed by atoms with van der Waals surface area (Å²) in [6.45, 7) is 0.351. The first-order valence-corrected chi connectivity index (χ1v) is 4.24. The highest BCUT2D eigenvalue weighted by Gasteiger charge is 2.21. The van der Waals surface area contributed by atoms with E-state index in [0.29, 0.717) is 18.0 Å². The number of hydrogen-bond donors (Lipinski definition) is 1. The van der Waals surface area contributed by atoms with Gasteiger partial charge in [-0.25, -0.2) is 9.48 Å². The van der Waals surface area contributed by atoms with E-state index in [0.717, 1.165) is 10.3 Å². The molecule has 3 rings (SSSR count). The lowest BCUT2D eigenvalue weighted by atomic mass is 10.4. The van der Waals surface area contributed by atoms with Gasteiger partial charge in [-0.05, 0) is 0 Å². The highest BCUT2D eigenvalue weighted by Crippen LogP contribution is 2.29. The average molecular weight is 206 g/mol. The summed E-state index contributed by atoms with van der Waals surface area (Å²) in [5, 5.41) is 16.4. The van der Waals surface area contributed by atoms with Crippen LogP contribution in [-0.2, 0) is 6.61 Å². The SMILES string of the molecule is O=C(O)n1cc2c(c1)-n1nncc1CO2. The van der Waals surface area contributed by atoms with Crippen molar-refractivity contribution in [2.75, 3.05) is 0 Å². The van der Waals surface area contributed by atoms with E-state index < -0.39 is 6.09 Å². The van der Waals surface area contributed by atoms with Crippen molar-refractivity contribution >= 4 is 6.09 Å². The number of ether oxygens (including phenoxy) is 1. The molecule has 0 aliphatic carbocycles. The summed E-state index contributed by atoms with van der Waals surface area (Å²) in [5.41, 5.74) is 1.39. The van der Waals surface area contributed by atoms with Crippen LogP contribution in [-0.4, -0.2) is 30.8 Å². The van der Waals surface area contributed by atoms with Crippen molar-refractivity contribution in [2.45, 2.75) is 6.61 Å². The van der Waals surface area contributed by atoms with E-state index in [1.54, 1.807) is 10.9 Å². The van der Waals surface area contributed by atoms with Crippen LogP contribution in [0.3, 0.4) is 0 Å². The van der Waals surface area contributed by atoms with Gasteiger partial charge in [-0.3, -0.25) is 4.57 Å². The number of aromatic nitrogens is 4. The van der Waals surface area contributed by atoms with E-state index in [1.165, 1.54) is 12.4 Å². The monoisotopic (exact) mass is 206 g/mol. The third-order valence-corrected chi connectivity index (χ3v) is 2.21. The van der Waals surface area contributed by atoms with Crippen LogP contribution in [0.4, 0.5) is 4.79 Å². The van der Waals surface area contributed by atoms with Crippen molar-refractivity contribution in [1.82, 2.24) is 19.6 Å².